The molecule has 5 nitrogen and oxygen atoms in total. The van der Waals surface area contributed by atoms with Crippen molar-refractivity contribution >= 4 is 5.96 Å². The second-order valence-corrected chi connectivity index (χ2v) is 8.89. The summed E-state index contributed by atoms with van der Waals surface area (Å²) >= 11 is 0. The zero-order chi connectivity index (χ0) is 21.5. The molecular formula is C26H36N4O. The lowest BCUT2D eigenvalue weighted by molar-refractivity contribution is 0.0915. The molecule has 4 rings (SSSR count). The molecule has 2 saturated heterocycles. The maximum absolute atomic E-state index is 6.03. The van der Waals surface area contributed by atoms with Gasteiger partial charge in [0.2, 0.25) is 0 Å². The molecule has 0 saturated carbocycles. The molecular weight excluding hydrogens is 384 g/mol. The minimum Gasteiger partial charge on any atom is -0.373 e. The Kier molecular flexibility index (Phi) is 7.60. The number of piperidine rings is 1. The molecule has 2 aliphatic heterocycles. The van der Waals surface area contributed by atoms with Gasteiger partial charge in [-0.05, 0) is 37.3 Å². The predicted molar refractivity (Wildman–Crippen MR) is 127 cm³/mol. The van der Waals surface area contributed by atoms with E-state index in [1.165, 1.54) is 16.7 Å². The van der Waals surface area contributed by atoms with Crippen molar-refractivity contribution in [3.8, 4) is 0 Å². The molecule has 166 valence electrons. The van der Waals surface area contributed by atoms with E-state index in [9.17, 15) is 0 Å². The topological polar surface area (TPSA) is 48.9 Å². The summed E-state index contributed by atoms with van der Waals surface area (Å²) in [5.41, 5.74) is 4.03. The fourth-order valence-corrected chi connectivity index (χ4v) is 4.77. The van der Waals surface area contributed by atoms with Gasteiger partial charge in [-0.1, -0.05) is 60.2 Å². The van der Waals surface area contributed by atoms with E-state index in [2.05, 4.69) is 82.0 Å². The lowest BCUT2D eigenvalue weighted by Gasteiger charge is -2.33. The summed E-state index contributed by atoms with van der Waals surface area (Å²) in [5.74, 6) is 1.38. The minimum absolute atomic E-state index is 0.177. The highest BCUT2D eigenvalue weighted by atomic mass is 16.5. The Morgan fingerprint density at radius 1 is 1.06 bits per heavy atom. The Hall–Kier alpha value is -2.37. The van der Waals surface area contributed by atoms with Gasteiger partial charge in [0.1, 0.15) is 0 Å². The highest BCUT2D eigenvalue weighted by Crippen LogP contribution is 2.33. The number of rotatable bonds is 6. The number of aliphatic imine (C=N–C) groups is 1. The Bertz CT molecular complexity index is 845. The lowest BCUT2D eigenvalue weighted by Crippen LogP contribution is -2.49. The van der Waals surface area contributed by atoms with Crippen LogP contribution in [-0.4, -0.2) is 50.2 Å². The number of likely N-dealkylation sites (tertiary alicyclic amines) is 1. The van der Waals surface area contributed by atoms with Gasteiger partial charge in [0, 0.05) is 51.8 Å². The van der Waals surface area contributed by atoms with Crippen molar-refractivity contribution in [3.63, 3.8) is 0 Å². The molecule has 0 amide bonds. The number of guanidine groups is 1. The molecule has 2 aromatic carbocycles. The highest BCUT2D eigenvalue weighted by Gasteiger charge is 2.29. The first-order valence-electron chi connectivity index (χ1n) is 11.6. The first-order valence-corrected chi connectivity index (χ1v) is 11.6. The summed E-state index contributed by atoms with van der Waals surface area (Å²) in [6.07, 6.45) is 3.55. The summed E-state index contributed by atoms with van der Waals surface area (Å²) in [6.45, 7) is 7.16. The number of aryl methyl sites for hydroxylation is 1. The highest BCUT2D eigenvalue weighted by molar-refractivity contribution is 5.80. The summed E-state index contributed by atoms with van der Waals surface area (Å²) in [4.78, 5) is 7.04. The van der Waals surface area contributed by atoms with Crippen LogP contribution < -0.4 is 10.6 Å². The van der Waals surface area contributed by atoms with Gasteiger partial charge in [0.25, 0.3) is 0 Å². The maximum atomic E-state index is 6.03. The first kappa shape index (κ1) is 21.8. The van der Waals surface area contributed by atoms with Crippen molar-refractivity contribution in [3.05, 3.63) is 71.3 Å². The number of hydrogen-bond acceptors (Lipinski definition) is 3. The van der Waals surface area contributed by atoms with Crippen LogP contribution in [0.25, 0.3) is 0 Å². The normalized spacial score (nSPS) is 23.1. The van der Waals surface area contributed by atoms with Crippen molar-refractivity contribution in [1.29, 1.82) is 0 Å². The van der Waals surface area contributed by atoms with Gasteiger partial charge in [0.05, 0.1) is 6.10 Å². The molecule has 2 aromatic rings. The van der Waals surface area contributed by atoms with Crippen molar-refractivity contribution in [1.82, 2.24) is 15.5 Å². The van der Waals surface area contributed by atoms with Gasteiger partial charge in [-0.3, -0.25) is 9.89 Å². The molecule has 0 spiro atoms. The molecule has 0 aromatic heterocycles. The van der Waals surface area contributed by atoms with Crippen LogP contribution in [0.15, 0.2) is 59.6 Å². The van der Waals surface area contributed by atoms with E-state index in [4.69, 9.17) is 4.74 Å². The Morgan fingerprint density at radius 2 is 1.87 bits per heavy atom. The molecule has 0 bridgehead atoms. The fourth-order valence-electron chi connectivity index (χ4n) is 4.77. The lowest BCUT2D eigenvalue weighted by atomic mass is 9.95. The number of hydrogen-bond donors (Lipinski definition) is 2. The number of nitrogens with one attached hydrogen (secondary N) is 2. The van der Waals surface area contributed by atoms with Crippen molar-refractivity contribution < 1.29 is 4.74 Å². The van der Waals surface area contributed by atoms with E-state index < -0.39 is 0 Å². The standard InChI is InChI=1S/C26H36N4O/c1-20-7-6-8-21(17-20)19-30-14-11-24(12-15-30)29-26(27-2)28-18-23-13-16-31-25(23)22-9-4-3-5-10-22/h3-10,17,23-25H,11-16,18-19H2,1-2H3,(H2,27,28,29). The zero-order valence-electron chi connectivity index (χ0n) is 18.9. The SMILES string of the molecule is CN=C(NCC1CCOC1c1ccccc1)NC1CCN(Cc2cccc(C)c2)CC1. The van der Waals surface area contributed by atoms with Crippen LogP contribution in [-0.2, 0) is 11.3 Å². The van der Waals surface area contributed by atoms with Crippen LogP contribution in [0.3, 0.4) is 0 Å². The summed E-state index contributed by atoms with van der Waals surface area (Å²) in [5, 5.41) is 7.21. The van der Waals surface area contributed by atoms with Crippen molar-refractivity contribution in [2.75, 3.05) is 33.3 Å². The summed E-state index contributed by atoms with van der Waals surface area (Å²) in [7, 11) is 1.86. The zero-order valence-corrected chi connectivity index (χ0v) is 18.9. The Labute approximate surface area is 186 Å². The summed E-state index contributed by atoms with van der Waals surface area (Å²) < 4.78 is 6.03. The van der Waals surface area contributed by atoms with E-state index in [0.717, 1.165) is 58.0 Å². The van der Waals surface area contributed by atoms with Gasteiger partial charge in [-0.15, -0.1) is 0 Å². The molecule has 2 aliphatic rings. The first-order chi connectivity index (χ1) is 15.2. The van der Waals surface area contributed by atoms with Crippen LogP contribution in [0.5, 0.6) is 0 Å². The Balaban J connectivity index is 1.22. The maximum Gasteiger partial charge on any atom is 0.191 e. The Morgan fingerprint density at radius 3 is 2.61 bits per heavy atom. The number of nitrogens with zero attached hydrogens (tertiary/aromatic N) is 2. The molecule has 2 heterocycles. The predicted octanol–water partition coefficient (Wildman–Crippen LogP) is 3.90. The molecule has 2 unspecified atom stereocenters. The smallest absolute Gasteiger partial charge is 0.191 e. The van der Waals surface area contributed by atoms with Gasteiger partial charge < -0.3 is 15.4 Å². The fraction of sp³-hybridized carbons (Fsp3) is 0.500. The van der Waals surface area contributed by atoms with E-state index >= 15 is 0 Å². The molecule has 5 heteroatoms. The molecule has 31 heavy (non-hydrogen) atoms. The van der Waals surface area contributed by atoms with Crippen LogP contribution in [0, 0.1) is 12.8 Å². The third-order valence-electron chi connectivity index (χ3n) is 6.51. The molecule has 2 atom stereocenters. The largest absolute Gasteiger partial charge is 0.373 e. The molecule has 0 radical (unpaired) electrons. The van der Waals surface area contributed by atoms with Crippen LogP contribution in [0.4, 0.5) is 0 Å². The van der Waals surface area contributed by atoms with Gasteiger partial charge in [0.15, 0.2) is 5.96 Å². The molecule has 2 N–H and O–H groups in total. The van der Waals surface area contributed by atoms with E-state index in [1.807, 2.05) is 7.05 Å². The van der Waals surface area contributed by atoms with Crippen LogP contribution in [0.2, 0.25) is 0 Å². The minimum atomic E-state index is 0.177. The van der Waals surface area contributed by atoms with Gasteiger partial charge in [-0.2, -0.15) is 0 Å². The quantitative estimate of drug-likeness (QED) is 0.550. The molecule has 2 fully saturated rings. The number of benzene rings is 2. The molecule has 0 aliphatic carbocycles. The second-order valence-electron chi connectivity index (χ2n) is 8.89. The van der Waals surface area contributed by atoms with Crippen LogP contribution in [0.1, 0.15) is 42.1 Å². The van der Waals surface area contributed by atoms with Crippen molar-refractivity contribution in [2.24, 2.45) is 10.9 Å². The van der Waals surface area contributed by atoms with Crippen molar-refractivity contribution in [2.45, 2.75) is 44.9 Å². The third-order valence-corrected chi connectivity index (χ3v) is 6.51. The number of ether oxygens (including phenoxy) is 1. The average molecular weight is 421 g/mol. The summed E-state index contributed by atoms with van der Waals surface area (Å²) in [6, 6.07) is 19.9. The van der Waals surface area contributed by atoms with Gasteiger partial charge in [-0.25, -0.2) is 0 Å². The van der Waals surface area contributed by atoms with E-state index in [0.29, 0.717) is 12.0 Å². The van der Waals surface area contributed by atoms with Crippen LogP contribution >= 0.6 is 0 Å². The second kappa shape index (κ2) is 10.8. The monoisotopic (exact) mass is 420 g/mol. The average Bonchev–Trinajstić information content (AvgIpc) is 3.27. The third kappa shape index (κ3) is 6.08. The van der Waals surface area contributed by atoms with Gasteiger partial charge >= 0.3 is 0 Å². The van der Waals surface area contributed by atoms with E-state index in [1.54, 1.807) is 0 Å². The van der Waals surface area contributed by atoms with E-state index in [-0.39, 0.29) is 6.10 Å².